The summed E-state index contributed by atoms with van der Waals surface area (Å²) in [5.41, 5.74) is 5.71. The van der Waals surface area contributed by atoms with E-state index in [1.807, 2.05) is 0 Å². The predicted octanol–water partition coefficient (Wildman–Crippen LogP) is 1.58. The van der Waals surface area contributed by atoms with Gasteiger partial charge in [0.2, 0.25) is 5.91 Å². The number of rotatable bonds is 2. The first-order chi connectivity index (χ1) is 10.9. The largest absolute Gasteiger partial charge is 0.390 e. The Morgan fingerprint density at radius 2 is 1.88 bits per heavy atom. The van der Waals surface area contributed by atoms with E-state index in [-0.39, 0.29) is 35.8 Å². The summed E-state index contributed by atoms with van der Waals surface area (Å²) in [5, 5.41) is 20.2. The standard InChI is InChI=1S/C18H25N3O2.ClH/c19-8-13-2-12-3-14(12)21(13)16(22)15(20)17-4-10-1-11(5-17)7-18(23,6-10)9-17;/h10-15,23H,1-7,9,20H2;1H/t10?,11?,12-,13-,14+,15-,17?,18?;/m1./s1. The minimum absolute atomic E-state index is 0. The zero-order valence-electron chi connectivity index (χ0n) is 13.9. The first-order valence-electron chi connectivity index (χ1n) is 9.13. The second-order valence-corrected chi connectivity index (χ2v) is 9.21. The molecule has 1 amide bonds. The van der Waals surface area contributed by atoms with Crippen LogP contribution in [-0.2, 0) is 4.79 Å². The first kappa shape index (κ1) is 16.6. The van der Waals surface area contributed by atoms with Crippen LogP contribution in [0.1, 0.15) is 51.4 Å². The normalized spacial score (nSPS) is 51.5. The monoisotopic (exact) mass is 351 g/mol. The highest BCUT2D eigenvalue weighted by atomic mass is 35.5. The average Bonchev–Trinajstić information content (AvgIpc) is 3.14. The lowest BCUT2D eigenvalue weighted by Crippen LogP contribution is -2.64. The minimum Gasteiger partial charge on any atom is -0.390 e. The van der Waals surface area contributed by atoms with Gasteiger partial charge in [0, 0.05) is 6.04 Å². The third-order valence-corrected chi connectivity index (χ3v) is 7.51. The molecule has 6 fully saturated rings. The Morgan fingerprint density at radius 1 is 1.21 bits per heavy atom. The van der Waals surface area contributed by atoms with Gasteiger partial charge in [-0.25, -0.2) is 0 Å². The Morgan fingerprint density at radius 3 is 2.46 bits per heavy atom. The van der Waals surface area contributed by atoms with Gasteiger partial charge in [0.1, 0.15) is 6.04 Å². The summed E-state index contributed by atoms with van der Waals surface area (Å²) in [6.07, 6.45) is 7.48. The van der Waals surface area contributed by atoms with Crippen LogP contribution in [0.5, 0.6) is 0 Å². The molecule has 1 heterocycles. The molecule has 5 aliphatic carbocycles. The lowest BCUT2D eigenvalue weighted by molar-refractivity contribution is -0.177. The molecule has 1 saturated heterocycles. The molecule has 1 aliphatic heterocycles. The fourth-order valence-corrected chi connectivity index (χ4v) is 6.96. The summed E-state index contributed by atoms with van der Waals surface area (Å²) in [7, 11) is 0. The summed E-state index contributed by atoms with van der Waals surface area (Å²) < 4.78 is 0. The lowest BCUT2D eigenvalue weighted by atomic mass is 9.46. The summed E-state index contributed by atoms with van der Waals surface area (Å²) in [5.74, 6) is 1.56. The molecule has 6 rings (SSSR count). The zero-order chi connectivity index (χ0) is 16.0. The van der Waals surface area contributed by atoms with Gasteiger partial charge in [-0.3, -0.25) is 4.79 Å². The lowest BCUT2D eigenvalue weighted by Gasteiger charge is -2.61. The number of nitrogens with zero attached hydrogens (tertiary/aromatic N) is 2. The molecule has 6 atom stereocenters. The minimum atomic E-state index is -0.594. The first-order valence-corrected chi connectivity index (χ1v) is 9.13. The Kier molecular flexibility index (Phi) is 3.53. The van der Waals surface area contributed by atoms with Crippen molar-refractivity contribution in [2.24, 2.45) is 28.9 Å². The van der Waals surface area contributed by atoms with Gasteiger partial charge in [0.25, 0.3) is 0 Å². The number of carbonyl (C=O) groups excluding carboxylic acids is 1. The highest BCUT2D eigenvalue weighted by molar-refractivity contribution is 5.85. The van der Waals surface area contributed by atoms with Crippen molar-refractivity contribution in [1.29, 1.82) is 5.26 Å². The molecule has 0 aromatic heterocycles. The molecular formula is C18H26ClN3O2. The Balaban J connectivity index is 0.00000146. The van der Waals surface area contributed by atoms with E-state index in [9.17, 15) is 15.2 Å². The molecule has 6 aliphatic rings. The van der Waals surface area contributed by atoms with Gasteiger partial charge in [0.15, 0.2) is 0 Å². The second-order valence-electron chi connectivity index (χ2n) is 9.21. The van der Waals surface area contributed by atoms with Crippen molar-refractivity contribution in [3.05, 3.63) is 0 Å². The van der Waals surface area contributed by atoms with Crippen molar-refractivity contribution in [1.82, 2.24) is 4.90 Å². The molecule has 132 valence electrons. The number of hydrogen-bond acceptors (Lipinski definition) is 4. The SMILES string of the molecule is Cl.N#C[C@H]1C[C@@H]2C[C@@H]2N1C(=O)[C@@H](N)C12CC3CC(CC(O)(C3)C1)C2. The number of piperidine rings is 1. The highest BCUT2D eigenvalue weighted by Crippen LogP contribution is 2.63. The van der Waals surface area contributed by atoms with Crippen LogP contribution in [0, 0.1) is 34.5 Å². The number of carbonyl (C=O) groups is 1. The second kappa shape index (κ2) is 5.09. The third-order valence-electron chi connectivity index (χ3n) is 7.51. The number of hydrogen-bond donors (Lipinski definition) is 2. The number of nitriles is 1. The number of nitrogens with two attached hydrogens (primary N) is 1. The molecule has 0 radical (unpaired) electrons. The maximum atomic E-state index is 13.1. The van der Waals surface area contributed by atoms with Gasteiger partial charge in [-0.1, -0.05) is 0 Å². The zero-order valence-corrected chi connectivity index (χ0v) is 14.7. The van der Waals surface area contributed by atoms with E-state index < -0.39 is 11.6 Å². The highest BCUT2D eigenvalue weighted by Gasteiger charge is 2.62. The van der Waals surface area contributed by atoms with Crippen LogP contribution >= 0.6 is 12.4 Å². The van der Waals surface area contributed by atoms with E-state index in [1.165, 1.54) is 6.42 Å². The Bertz CT molecular complexity index is 604. The molecule has 0 aromatic carbocycles. The van der Waals surface area contributed by atoms with Crippen LogP contribution in [0.4, 0.5) is 0 Å². The number of fused-ring (bicyclic) bond motifs is 1. The smallest absolute Gasteiger partial charge is 0.241 e. The molecule has 0 aromatic rings. The van der Waals surface area contributed by atoms with Gasteiger partial charge in [0.05, 0.1) is 17.7 Å². The van der Waals surface area contributed by atoms with Crippen molar-refractivity contribution >= 4 is 18.3 Å². The van der Waals surface area contributed by atoms with Crippen molar-refractivity contribution in [2.45, 2.75) is 75.1 Å². The molecule has 6 heteroatoms. The average molecular weight is 352 g/mol. The fraction of sp³-hybridized carbons (Fsp3) is 0.889. The van der Waals surface area contributed by atoms with Crippen LogP contribution in [-0.4, -0.2) is 39.6 Å². The van der Waals surface area contributed by atoms with Crippen molar-refractivity contribution < 1.29 is 9.90 Å². The van der Waals surface area contributed by atoms with Crippen LogP contribution in [0.15, 0.2) is 0 Å². The molecule has 5 saturated carbocycles. The van der Waals surface area contributed by atoms with E-state index in [4.69, 9.17) is 5.73 Å². The van der Waals surface area contributed by atoms with Gasteiger partial charge in [-0.05, 0) is 74.5 Å². The summed E-state index contributed by atoms with van der Waals surface area (Å²) in [4.78, 5) is 14.9. The van der Waals surface area contributed by atoms with Crippen LogP contribution in [0.2, 0.25) is 0 Å². The number of aliphatic hydroxyl groups is 1. The van der Waals surface area contributed by atoms with E-state index in [0.29, 0.717) is 24.2 Å². The van der Waals surface area contributed by atoms with E-state index >= 15 is 0 Å². The third kappa shape index (κ3) is 2.16. The van der Waals surface area contributed by atoms with Gasteiger partial charge in [-0.15, -0.1) is 12.4 Å². The van der Waals surface area contributed by atoms with Crippen LogP contribution < -0.4 is 5.73 Å². The summed E-state index contributed by atoms with van der Waals surface area (Å²) >= 11 is 0. The van der Waals surface area contributed by atoms with E-state index in [1.54, 1.807) is 4.90 Å². The van der Waals surface area contributed by atoms with Crippen molar-refractivity contribution in [3.63, 3.8) is 0 Å². The summed E-state index contributed by atoms with van der Waals surface area (Å²) in [6, 6.07) is 1.72. The van der Waals surface area contributed by atoms with Gasteiger partial charge < -0.3 is 15.7 Å². The maximum Gasteiger partial charge on any atom is 0.241 e. The van der Waals surface area contributed by atoms with E-state index in [0.717, 1.165) is 38.5 Å². The van der Waals surface area contributed by atoms with Crippen molar-refractivity contribution in [3.8, 4) is 6.07 Å². The van der Waals surface area contributed by atoms with Gasteiger partial charge in [-0.2, -0.15) is 5.26 Å². The maximum absolute atomic E-state index is 13.1. The number of amides is 1. The number of halogens is 1. The van der Waals surface area contributed by atoms with Crippen LogP contribution in [0.25, 0.3) is 0 Å². The molecule has 24 heavy (non-hydrogen) atoms. The Labute approximate surface area is 149 Å². The fourth-order valence-electron chi connectivity index (χ4n) is 6.96. The molecular weight excluding hydrogens is 326 g/mol. The summed E-state index contributed by atoms with van der Waals surface area (Å²) in [6.45, 7) is 0. The van der Waals surface area contributed by atoms with Gasteiger partial charge >= 0.3 is 0 Å². The molecule has 3 N–H and O–H groups in total. The molecule has 4 bridgehead atoms. The van der Waals surface area contributed by atoms with Crippen molar-refractivity contribution in [2.75, 3.05) is 0 Å². The quantitative estimate of drug-likeness (QED) is 0.790. The molecule has 2 unspecified atom stereocenters. The molecule has 5 nitrogen and oxygen atoms in total. The van der Waals surface area contributed by atoms with Crippen LogP contribution in [0.3, 0.4) is 0 Å². The predicted molar refractivity (Wildman–Crippen MR) is 90.0 cm³/mol. The Hall–Kier alpha value is -0.830. The topological polar surface area (TPSA) is 90.4 Å². The van der Waals surface area contributed by atoms with E-state index in [2.05, 4.69) is 6.07 Å². The number of likely N-dealkylation sites (tertiary alicyclic amines) is 1. The molecule has 0 spiro atoms.